The minimum absolute atomic E-state index is 0.813. The van der Waals surface area contributed by atoms with Gasteiger partial charge < -0.3 is 4.74 Å². The largest absolute Gasteiger partial charge is 0.494 e. The molecule has 4 aromatic rings. The fourth-order valence-corrected chi connectivity index (χ4v) is 4.86. The average Bonchev–Trinajstić information content (AvgIpc) is 2.97. The molecule has 0 saturated carbocycles. The van der Waals surface area contributed by atoms with Gasteiger partial charge in [-0.2, -0.15) is 0 Å². The molecule has 192 valence electrons. The third kappa shape index (κ3) is 8.64. The lowest BCUT2D eigenvalue weighted by molar-refractivity contribution is 0.304. The molecule has 0 fully saturated rings. The predicted molar refractivity (Wildman–Crippen MR) is 160 cm³/mol. The van der Waals surface area contributed by atoms with Crippen LogP contribution in [0.3, 0.4) is 0 Å². The van der Waals surface area contributed by atoms with E-state index in [0.29, 0.717) is 0 Å². The lowest BCUT2D eigenvalue weighted by Gasteiger charge is -2.09. The van der Waals surface area contributed by atoms with Crippen molar-refractivity contribution in [2.75, 3.05) is 6.61 Å². The van der Waals surface area contributed by atoms with Gasteiger partial charge in [0, 0.05) is 0 Å². The van der Waals surface area contributed by atoms with E-state index in [1.807, 2.05) is 0 Å². The predicted octanol–water partition coefficient (Wildman–Crippen LogP) is 11.0. The van der Waals surface area contributed by atoms with Crippen molar-refractivity contribution in [3.63, 3.8) is 0 Å². The molecule has 0 spiro atoms. The SMILES string of the molecule is CCCCCCCCCCCCOc1ccc(-c2ccc(-c3ccc(-c4ccccc4)cc3)cc2)cc1. The van der Waals surface area contributed by atoms with E-state index < -0.39 is 0 Å². The Morgan fingerprint density at radius 1 is 0.378 bits per heavy atom. The summed E-state index contributed by atoms with van der Waals surface area (Å²) < 4.78 is 5.99. The maximum absolute atomic E-state index is 5.99. The molecule has 4 rings (SSSR count). The van der Waals surface area contributed by atoms with Crippen LogP contribution < -0.4 is 4.74 Å². The summed E-state index contributed by atoms with van der Waals surface area (Å²) in [5, 5.41) is 0. The standard InChI is InChI=1S/C36H42O/c1-2-3-4-5-6-7-8-9-10-14-29-37-36-27-25-35(26-28-36)34-23-21-33(22-24-34)32-19-17-31(18-20-32)30-15-12-11-13-16-30/h11-13,15-28H,2-10,14,29H2,1H3. The lowest BCUT2D eigenvalue weighted by atomic mass is 9.98. The van der Waals surface area contributed by atoms with Gasteiger partial charge in [-0.3, -0.25) is 0 Å². The summed E-state index contributed by atoms with van der Waals surface area (Å²) in [6, 6.07) is 36.7. The van der Waals surface area contributed by atoms with Gasteiger partial charge in [0.15, 0.2) is 0 Å². The van der Waals surface area contributed by atoms with Gasteiger partial charge in [-0.05, 0) is 51.9 Å². The molecule has 1 heteroatoms. The van der Waals surface area contributed by atoms with Gasteiger partial charge in [0.25, 0.3) is 0 Å². The fraction of sp³-hybridized carbons (Fsp3) is 0.333. The first-order valence-electron chi connectivity index (χ1n) is 14.3. The second-order valence-electron chi connectivity index (χ2n) is 10.1. The molecule has 0 aliphatic carbocycles. The lowest BCUT2D eigenvalue weighted by Crippen LogP contribution is -1.97. The highest BCUT2D eigenvalue weighted by atomic mass is 16.5. The smallest absolute Gasteiger partial charge is 0.119 e. The zero-order valence-corrected chi connectivity index (χ0v) is 22.5. The van der Waals surface area contributed by atoms with Crippen LogP contribution in [0, 0.1) is 0 Å². The van der Waals surface area contributed by atoms with Crippen LogP contribution in [0.5, 0.6) is 5.75 Å². The van der Waals surface area contributed by atoms with E-state index >= 15 is 0 Å². The van der Waals surface area contributed by atoms with E-state index in [4.69, 9.17) is 4.74 Å². The topological polar surface area (TPSA) is 9.23 Å². The van der Waals surface area contributed by atoms with Gasteiger partial charge >= 0.3 is 0 Å². The van der Waals surface area contributed by atoms with Gasteiger partial charge in [0.2, 0.25) is 0 Å². The zero-order valence-electron chi connectivity index (χ0n) is 22.5. The number of ether oxygens (including phenoxy) is 1. The first kappa shape index (κ1) is 26.7. The molecule has 4 aromatic carbocycles. The molecule has 0 aliphatic rings. The highest BCUT2D eigenvalue weighted by Gasteiger charge is 2.03. The van der Waals surface area contributed by atoms with Crippen LogP contribution >= 0.6 is 0 Å². The van der Waals surface area contributed by atoms with Gasteiger partial charge in [-0.15, -0.1) is 0 Å². The van der Waals surface area contributed by atoms with Crippen molar-refractivity contribution in [3.8, 4) is 39.1 Å². The highest BCUT2D eigenvalue weighted by Crippen LogP contribution is 2.28. The van der Waals surface area contributed by atoms with Crippen LogP contribution in [0.15, 0.2) is 103 Å². The second kappa shape index (κ2) is 15.1. The number of hydrogen-bond acceptors (Lipinski definition) is 1. The van der Waals surface area contributed by atoms with Crippen molar-refractivity contribution in [1.82, 2.24) is 0 Å². The Morgan fingerprint density at radius 2 is 0.730 bits per heavy atom. The molecular formula is C36H42O. The monoisotopic (exact) mass is 490 g/mol. The maximum Gasteiger partial charge on any atom is 0.119 e. The van der Waals surface area contributed by atoms with Crippen molar-refractivity contribution in [2.45, 2.75) is 71.1 Å². The van der Waals surface area contributed by atoms with E-state index in [2.05, 4.69) is 110 Å². The van der Waals surface area contributed by atoms with E-state index in [1.165, 1.54) is 91.2 Å². The molecule has 0 N–H and O–H groups in total. The first-order chi connectivity index (χ1) is 18.3. The van der Waals surface area contributed by atoms with Crippen molar-refractivity contribution >= 4 is 0 Å². The van der Waals surface area contributed by atoms with Gasteiger partial charge in [-0.25, -0.2) is 0 Å². The van der Waals surface area contributed by atoms with E-state index in [0.717, 1.165) is 18.8 Å². The number of hydrogen-bond donors (Lipinski definition) is 0. The van der Waals surface area contributed by atoms with Crippen molar-refractivity contribution in [3.05, 3.63) is 103 Å². The van der Waals surface area contributed by atoms with Crippen LogP contribution in [0.2, 0.25) is 0 Å². The van der Waals surface area contributed by atoms with E-state index in [-0.39, 0.29) is 0 Å². The molecule has 0 bridgehead atoms. The van der Waals surface area contributed by atoms with E-state index in [9.17, 15) is 0 Å². The summed E-state index contributed by atoms with van der Waals surface area (Å²) in [5.74, 6) is 0.967. The molecular weight excluding hydrogens is 448 g/mol. The summed E-state index contributed by atoms with van der Waals surface area (Å²) in [6.45, 7) is 3.09. The Balaban J connectivity index is 1.19. The molecule has 0 radical (unpaired) electrons. The molecule has 0 saturated heterocycles. The molecule has 37 heavy (non-hydrogen) atoms. The number of rotatable bonds is 15. The Hall–Kier alpha value is -3.32. The summed E-state index contributed by atoms with van der Waals surface area (Å²) in [7, 11) is 0. The van der Waals surface area contributed by atoms with Gasteiger partial charge in [0.1, 0.15) is 5.75 Å². The minimum atomic E-state index is 0.813. The number of benzene rings is 4. The van der Waals surface area contributed by atoms with Crippen LogP contribution in [0.4, 0.5) is 0 Å². The molecule has 0 unspecified atom stereocenters. The van der Waals surface area contributed by atoms with Crippen LogP contribution in [0.25, 0.3) is 33.4 Å². The van der Waals surface area contributed by atoms with Crippen molar-refractivity contribution < 1.29 is 4.74 Å². The quantitative estimate of drug-likeness (QED) is 0.151. The summed E-state index contributed by atoms with van der Waals surface area (Å²) in [5.41, 5.74) is 7.42. The third-order valence-electron chi connectivity index (χ3n) is 7.16. The molecule has 0 amide bonds. The summed E-state index contributed by atoms with van der Waals surface area (Å²) in [6.07, 6.45) is 13.5. The summed E-state index contributed by atoms with van der Waals surface area (Å²) >= 11 is 0. The average molecular weight is 491 g/mol. The summed E-state index contributed by atoms with van der Waals surface area (Å²) in [4.78, 5) is 0. The van der Waals surface area contributed by atoms with Crippen LogP contribution in [-0.4, -0.2) is 6.61 Å². The van der Waals surface area contributed by atoms with Crippen molar-refractivity contribution in [2.24, 2.45) is 0 Å². The Kier molecular flexibility index (Phi) is 10.9. The van der Waals surface area contributed by atoms with Gasteiger partial charge in [-0.1, -0.05) is 156 Å². The third-order valence-corrected chi connectivity index (χ3v) is 7.16. The molecule has 0 aromatic heterocycles. The first-order valence-corrected chi connectivity index (χ1v) is 14.3. The number of unbranched alkanes of at least 4 members (excludes halogenated alkanes) is 9. The maximum atomic E-state index is 5.99. The molecule has 1 nitrogen and oxygen atoms in total. The Labute approximate surface area is 224 Å². The Bertz CT molecular complexity index is 1140. The minimum Gasteiger partial charge on any atom is -0.494 e. The fourth-order valence-electron chi connectivity index (χ4n) is 4.86. The molecule has 0 atom stereocenters. The highest BCUT2D eigenvalue weighted by molar-refractivity contribution is 5.73. The zero-order chi connectivity index (χ0) is 25.5. The normalized spacial score (nSPS) is 10.9. The Morgan fingerprint density at radius 3 is 1.16 bits per heavy atom. The van der Waals surface area contributed by atoms with Gasteiger partial charge in [0.05, 0.1) is 6.61 Å². The van der Waals surface area contributed by atoms with Crippen molar-refractivity contribution in [1.29, 1.82) is 0 Å². The molecule has 0 aliphatic heterocycles. The second-order valence-corrected chi connectivity index (χ2v) is 10.1. The van der Waals surface area contributed by atoms with E-state index in [1.54, 1.807) is 0 Å². The molecule has 0 heterocycles. The van der Waals surface area contributed by atoms with Crippen LogP contribution in [0.1, 0.15) is 71.1 Å². The van der Waals surface area contributed by atoms with Crippen LogP contribution in [-0.2, 0) is 0 Å².